The van der Waals surface area contributed by atoms with E-state index in [4.69, 9.17) is 34.8 Å². The number of aromatic nitrogens is 4. The Morgan fingerprint density at radius 2 is 1.62 bits per heavy atom. The predicted molar refractivity (Wildman–Crippen MR) is 97.1 cm³/mol. The fourth-order valence-corrected chi connectivity index (χ4v) is 3.09. The summed E-state index contributed by atoms with van der Waals surface area (Å²) in [5.74, 6) is 0.662. The number of fused-ring (bicyclic) bond motifs is 1. The van der Waals surface area contributed by atoms with Crippen LogP contribution in [0.2, 0.25) is 15.2 Å². The van der Waals surface area contributed by atoms with E-state index in [0.29, 0.717) is 21.4 Å². The van der Waals surface area contributed by atoms with Crippen LogP contribution in [0.25, 0.3) is 28.1 Å². The summed E-state index contributed by atoms with van der Waals surface area (Å²) in [5, 5.41) is 9.31. The fraction of sp³-hybridized carbons (Fsp3) is 0. The third-order valence-electron chi connectivity index (χ3n) is 3.63. The maximum Gasteiger partial charge on any atom is 0.179 e. The standard InChI is InChI=1S/C17H9Cl3N4/c18-10-5-7-11(8-6-10)24-14-9-21-23-16(20)15(14)22-17(24)12-3-1-2-4-13(12)19/h1-9H. The number of imidazole rings is 1. The Hall–Kier alpha value is -2.14. The number of halogens is 3. The van der Waals surface area contributed by atoms with Gasteiger partial charge in [-0.15, -0.1) is 5.10 Å². The van der Waals surface area contributed by atoms with Crippen LogP contribution in [0.5, 0.6) is 0 Å². The minimum Gasteiger partial charge on any atom is -0.291 e. The smallest absolute Gasteiger partial charge is 0.179 e. The Bertz CT molecular complexity index is 1040. The SMILES string of the molecule is Clc1ccc(-n2c(-c3ccccc3Cl)nc3c(Cl)nncc32)cc1. The molecule has 0 bridgehead atoms. The molecule has 0 amide bonds. The van der Waals surface area contributed by atoms with Crippen molar-refractivity contribution in [2.75, 3.05) is 0 Å². The minimum atomic E-state index is 0.244. The third-order valence-corrected chi connectivity index (χ3v) is 4.47. The molecule has 0 atom stereocenters. The molecule has 0 N–H and O–H groups in total. The van der Waals surface area contributed by atoms with Crippen molar-refractivity contribution in [2.24, 2.45) is 0 Å². The van der Waals surface area contributed by atoms with Gasteiger partial charge in [-0.2, -0.15) is 5.10 Å². The number of hydrogen-bond donors (Lipinski definition) is 0. The van der Waals surface area contributed by atoms with E-state index >= 15 is 0 Å². The van der Waals surface area contributed by atoms with Gasteiger partial charge in [0.25, 0.3) is 0 Å². The molecule has 4 nitrogen and oxygen atoms in total. The number of nitrogens with zero attached hydrogens (tertiary/aromatic N) is 4. The van der Waals surface area contributed by atoms with Crippen molar-refractivity contribution >= 4 is 45.8 Å². The molecular weight excluding hydrogens is 367 g/mol. The summed E-state index contributed by atoms with van der Waals surface area (Å²) in [6.45, 7) is 0. The minimum absolute atomic E-state index is 0.244. The van der Waals surface area contributed by atoms with E-state index in [9.17, 15) is 0 Å². The quantitative estimate of drug-likeness (QED) is 0.468. The molecule has 0 spiro atoms. The van der Waals surface area contributed by atoms with Gasteiger partial charge in [-0.3, -0.25) is 4.57 Å². The summed E-state index contributed by atoms with van der Waals surface area (Å²) in [4.78, 5) is 4.65. The van der Waals surface area contributed by atoms with Crippen molar-refractivity contribution in [3.05, 3.63) is 69.9 Å². The zero-order valence-electron chi connectivity index (χ0n) is 12.1. The maximum absolute atomic E-state index is 6.37. The lowest BCUT2D eigenvalue weighted by molar-refractivity contribution is 1.03. The Balaban J connectivity index is 2.10. The fourth-order valence-electron chi connectivity index (χ4n) is 2.56. The lowest BCUT2D eigenvalue weighted by Gasteiger charge is -2.10. The van der Waals surface area contributed by atoms with Crippen LogP contribution in [0.15, 0.2) is 54.7 Å². The van der Waals surface area contributed by atoms with Crippen molar-refractivity contribution < 1.29 is 0 Å². The largest absolute Gasteiger partial charge is 0.291 e. The lowest BCUT2D eigenvalue weighted by atomic mass is 10.2. The summed E-state index contributed by atoms with van der Waals surface area (Å²) in [6.07, 6.45) is 1.63. The van der Waals surface area contributed by atoms with E-state index in [1.807, 2.05) is 53.1 Å². The molecule has 7 heteroatoms. The molecule has 24 heavy (non-hydrogen) atoms. The van der Waals surface area contributed by atoms with Gasteiger partial charge in [-0.05, 0) is 36.4 Å². The molecule has 0 saturated carbocycles. The van der Waals surface area contributed by atoms with E-state index in [0.717, 1.165) is 16.8 Å². The number of benzene rings is 2. The van der Waals surface area contributed by atoms with Crippen LogP contribution < -0.4 is 0 Å². The highest BCUT2D eigenvalue weighted by Gasteiger charge is 2.18. The molecule has 2 aromatic carbocycles. The van der Waals surface area contributed by atoms with Gasteiger partial charge < -0.3 is 0 Å². The van der Waals surface area contributed by atoms with Crippen LogP contribution in [0, 0.1) is 0 Å². The first-order chi connectivity index (χ1) is 11.6. The van der Waals surface area contributed by atoms with Crippen molar-refractivity contribution in [3.8, 4) is 17.1 Å². The molecule has 0 aliphatic heterocycles. The van der Waals surface area contributed by atoms with Gasteiger partial charge in [0, 0.05) is 16.3 Å². The zero-order chi connectivity index (χ0) is 16.7. The van der Waals surface area contributed by atoms with Gasteiger partial charge >= 0.3 is 0 Å². The van der Waals surface area contributed by atoms with E-state index in [-0.39, 0.29) is 5.15 Å². The highest BCUT2D eigenvalue weighted by molar-refractivity contribution is 6.34. The second-order valence-electron chi connectivity index (χ2n) is 5.10. The third kappa shape index (κ3) is 2.53. The zero-order valence-corrected chi connectivity index (χ0v) is 14.4. The molecule has 0 unspecified atom stereocenters. The summed E-state index contributed by atoms with van der Waals surface area (Å²) >= 11 is 18.6. The number of rotatable bonds is 2. The highest BCUT2D eigenvalue weighted by atomic mass is 35.5. The molecule has 4 aromatic rings. The maximum atomic E-state index is 6.37. The summed E-state index contributed by atoms with van der Waals surface area (Å²) in [6, 6.07) is 14.9. The normalized spacial score (nSPS) is 11.1. The highest BCUT2D eigenvalue weighted by Crippen LogP contribution is 2.34. The van der Waals surface area contributed by atoms with Crippen molar-refractivity contribution in [2.45, 2.75) is 0 Å². The Morgan fingerprint density at radius 3 is 2.38 bits per heavy atom. The van der Waals surface area contributed by atoms with E-state index in [2.05, 4.69) is 15.2 Å². The Kier molecular flexibility index (Phi) is 3.88. The molecule has 0 fully saturated rings. The first-order valence-corrected chi connectivity index (χ1v) is 8.19. The summed E-state index contributed by atoms with van der Waals surface area (Å²) in [5.41, 5.74) is 2.98. The van der Waals surface area contributed by atoms with Gasteiger partial charge in [0.15, 0.2) is 5.15 Å². The molecule has 0 saturated heterocycles. The van der Waals surface area contributed by atoms with Crippen LogP contribution >= 0.6 is 34.8 Å². The van der Waals surface area contributed by atoms with Crippen LogP contribution in [-0.4, -0.2) is 19.7 Å². The van der Waals surface area contributed by atoms with E-state index in [1.54, 1.807) is 6.20 Å². The van der Waals surface area contributed by atoms with Crippen LogP contribution in [0.4, 0.5) is 0 Å². The van der Waals surface area contributed by atoms with Crippen LogP contribution in [-0.2, 0) is 0 Å². The van der Waals surface area contributed by atoms with Crippen molar-refractivity contribution in [1.29, 1.82) is 0 Å². The first kappa shape index (κ1) is 15.4. The summed E-state index contributed by atoms with van der Waals surface area (Å²) < 4.78 is 1.94. The van der Waals surface area contributed by atoms with Gasteiger partial charge in [0.1, 0.15) is 11.3 Å². The molecular formula is C17H9Cl3N4. The molecule has 0 aliphatic carbocycles. The Labute approximate surface area is 152 Å². The first-order valence-electron chi connectivity index (χ1n) is 7.05. The van der Waals surface area contributed by atoms with Gasteiger partial charge in [-0.1, -0.05) is 46.9 Å². The topological polar surface area (TPSA) is 43.6 Å². The van der Waals surface area contributed by atoms with Crippen molar-refractivity contribution in [1.82, 2.24) is 19.7 Å². The second kappa shape index (κ2) is 6.06. The average molecular weight is 376 g/mol. The average Bonchev–Trinajstić information content (AvgIpc) is 2.97. The van der Waals surface area contributed by atoms with E-state index in [1.165, 1.54) is 0 Å². The van der Waals surface area contributed by atoms with Crippen molar-refractivity contribution in [3.63, 3.8) is 0 Å². The van der Waals surface area contributed by atoms with Crippen LogP contribution in [0.3, 0.4) is 0 Å². The Morgan fingerprint density at radius 1 is 0.875 bits per heavy atom. The lowest BCUT2D eigenvalue weighted by Crippen LogP contribution is -1.98. The molecule has 4 rings (SSSR count). The molecule has 2 aromatic heterocycles. The second-order valence-corrected chi connectivity index (χ2v) is 6.30. The molecule has 0 aliphatic rings. The molecule has 0 radical (unpaired) electrons. The van der Waals surface area contributed by atoms with Gasteiger partial charge in [0.05, 0.1) is 16.7 Å². The van der Waals surface area contributed by atoms with E-state index < -0.39 is 0 Å². The number of hydrogen-bond acceptors (Lipinski definition) is 3. The van der Waals surface area contributed by atoms with Crippen LogP contribution in [0.1, 0.15) is 0 Å². The predicted octanol–water partition coefficient (Wildman–Crippen LogP) is 5.44. The molecule has 2 heterocycles. The summed E-state index contributed by atoms with van der Waals surface area (Å²) in [7, 11) is 0. The van der Waals surface area contributed by atoms with Gasteiger partial charge in [0.2, 0.25) is 0 Å². The van der Waals surface area contributed by atoms with Gasteiger partial charge in [-0.25, -0.2) is 4.98 Å². The molecule has 118 valence electrons. The monoisotopic (exact) mass is 374 g/mol.